The van der Waals surface area contributed by atoms with Gasteiger partial charge in [0.2, 0.25) is 5.91 Å². The van der Waals surface area contributed by atoms with E-state index in [1.807, 2.05) is 0 Å². The van der Waals surface area contributed by atoms with Gasteiger partial charge in [-0.2, -0.15) is 9.61 Å². The highest BCUT2D eigenvalue weighted by molar-refractivity contribution is 7.99. The maximum atomic E-state index is 13.5. The van der Waals surface area contributed by atoms with Gasteiger partial charge in [0, 0.05) is 23.4 Å². The summed E-state index contributed by atoms with van der Waals surface area (Å²) in [6.45, 7) is 0. The minimum absolute atomic E-state index is 0.0403. The van der Waals surface area contributed by atoms with E-state index in [4.69, 9.17) is 0 Å². The highest BCUT2D eigenvalue weighted by Crippen LogP contribution is 2.22. The normalized spacial score (nSPS) is 10.8. The number of carbonyl (C=O) groups excluding carboxylic acids is 1. The maximum absolute atomic E-state index is 13.5. The smallest absolute Gasteiger partial charge is 0.271 e. The lowest BCUT2D eigenvalue weighted by Gasteiger charge is -2.05. The van der Waals surface area contributed by atoms with Crippen molar-refractivity contribution in [2.75, 3.05) is 11.1 Å². The number of anilines is 1. The number of hydrogen-bond acceptors (Lipinski definition) is 7. The molecule has 0 aliphatic carbocycles. The summed E-state index contributed by atoms with van der Waals surface area (Å²) in [6.07, 6.45) is 0. The van der Waals surface area contributed by atoms with Gasteiger partial charge in [-0.25, -0.2) is 4.39 Å². The number of benzene rings is 2. The zero-order chi connectivity index (χ0) is 21.1. The van der Waals surface area contributed by atoms with Crippen molar-refractivity contribution in [2.24, 2.45) is 0 Å². The van der Waals surface area contributed by atoms with E-state index in [0.29, 0.717) is 27.7 Å². The fourth-order valence-electron chi connectivity index (χ4n) is 2.69. The molecule has 0 saturated heterocycles. The Balaban J connectivity index is 1.48. The summed E-state index contributed by atoms with van der Waals surface area (Å²) in [6, 6.07) is 15.0. The number of halogens is 1. The van der Waals surface area contributed by atoms with Gasteiger partial charge >= 0.3 is 0 Å². The first-order chi connectivity index (χ1) is 14.5. The van der Waals surface area contributed by atoms with Crippen molar-refractivity contribution in [2.45, 2.75) is 5.03 Å². The zero-order valence-corrected chi connectivity index (χ0v) is 16.0. The highest BCUT2D eigenvalue weighted by Gasteiger charge is 2.13. The lowest BCUT2D eigenvalue weighted by atomic mass is 10.2. The number of thioether (sulfide) groups is 1. The molecular formula is C19H13FN6O3S. The molecule has 2 aromatic heterocycles. The van der Waals surface area contributed by atoms with Crippen LogP contribution >= 0.6 is 11.8 Å². The summed E-state index contributed by atoms with van der Waals surface area (Å²) in [7, 11) is 0. The summed E-state index contributed by atoms with van der Waals surface area (Å²) < 4.78 is 15.0. The predicted molar refractivity (Wildman–Crippen MR) is 109 cm³/mol. The van der Waals surface area contributed by atoms with E-state index in [1.165, 1.54) is 46.6 Å². The van der Waals surface area contributed by atoms with Crippen molar-refractivity contribution < 1.29 is 14.1 Å². The molecule has 9 nitrogen and oxygen atoms in total. The van der Waals surface area contributed by atoms with Crippen LogP contribution in [0, 0.1) is 15.9 Å². The van der Waals surface area contributed by atoms with Gasteiger partial charge in [0.05, 0.1) is 10.7 Å². The van der Waals surface area contributed by atoms with E-state index in [-0.39, 0.29) is 17.3 Å². The zero-order valence-electron chi connectivity index (χ0n) is 15.2. The molecule has 0 saturated carbocycles. The van der Waals surface area contributed by atoms with Crippen molar-refractivity contribution in [1.29, 1.82) is 0 Å². The number of amides is 1. The number of non-ortho nitro benzene ring substituents is 1. The molecule has 1 amide bonds. The molecule has 2 heterocycles. The van der Waals surface area contributed by atoms with Crippen LogP contribution in [-0.4, -0.2) is 36.4 Å². The second kappa shape index (κ2) is 8.25. The van der Waals surface area contributed by atoms with Crippen molar-refractivity contribution in [3.8, 4) is 11.4 Å². The molecule has 150 valence electrons. The summed E-state index contributed by atoms with van der Waals surface area (Å²) in [5.41, 5.74) is 1.25. The molecule has 0 fully saturated rings. The number of nitro groups is 1. The van der Waals surface area contributed by atoms with Crippen LogP contribution in [-0.2, 0) is 4.79 Å². The summed E-state index contributed by atoms with van der Waals surface area (Å²) >= 11 is 1.18. The Morgan fingerprint density at radius 2 is 1.97 bits per heavy atom. The van der Waals surface area contributed by atoms with Gasteiger partial charge in [0.15, 0.2) is 11.5 Å². The minimum Gasteiger partial charge on any atom is -0.325 e. The Morgan fingerprint density at radius 3 is 2.77 bits per heavy atom. The van der Waals surface area contributed by atoms with Crippen LogP contribution in [0.5, 0.6) is 0 Å². The average Bonchev–Trinajstić information content (AvgIpc) is 3.16. The molecule has 4 rings (SSSR count). The molecular weight excluding hydrogens is 411 g/mol. The van der Waals surface area contributed by atoms with Gasteiger partial charge in [-0.1, -0.05) is 30.0 Å². The lowest BCUT2D eigenvalue weighted by Crippen LogP contribution is -2.14. The molecule has 30 heavy (non-hydrogen) atoms. The molecule has 1 N–H and O–H groups in total. The van der Waals surface area contributed by atoms with Gasteiger partial charge in [-0.05, 0) is 30.3 Å². The van der Waals surface area contributed by atoms with E-state index in [1.54, 1.807) is 30.3 Å². The number of hydrogen-bond donors (Lipinski definition) is 1. The van der Waals surface area contributed by atoms with Crippen LogP contribution < -0.4 is 5.32 Å². The van der Waals surface area contributed by atoms with E-state index >= 15 is 0 Å². The van der Waals surface area contributed by atoms with Gasteiger partial charge in [-0.3, -0.25) is 14.9 Å². The maximum Gasteiger partial charge on any atom is 0.271 e. The van der Waals surface area contributed by atoms with Crippen LogP contribution in [0.4, 0.5) is 15.8 Å². The lowest BCUT2D eigenvalue weighted by molar-refractivity contribution is -0.384. The predicted octanol–water partition coefficient (Wildman–Crippen LogP) is 3.57. The SMILES string of the molecule is O=C(CSc1ccc2nnc(-c3cccc(F)c3)n2n1)Nc1cccc([N+](=O)[O-])c1. The second-order valence-electron chi connectivity index (χ2n) is 6.12. The molecule has 0 aliphatic heterocycles. The molecule has 0 bridgehead atoms. The molecule has 4 aromatic rings. The summed E-state index contributed by atoms with van der Waals surface area (Å²) in [5.74, 6) is -0.310. The van der Waals surface area contributed by atoms with Gasteiger partial charge in [-0.15, -0.1) is 10.2 Å². The number of nitro benzene ring substituents is 1. The van der Waals surface area contributed by atoms with Crippen LogP contribution in [0.1, 0.15) is 0 Å². The third-order valence-electron chi connectivity index (χ3n) is 4.01. The Kier molecular flexibility index (Phi) is 5.35. The van der Waals surface area contributed by atoms with Gasteiger partial charge in [0.25, 0.3) is 5.69 Å². The van der Waals surface area contributed by atoms with Crippen LogP contribution in [0.15, 0.2) is 65.7 Å². The number of nitrogens with one attached hydrogen (secondary N) is 1. The second-order valence-corrected chi connectivity index (χ2v) is 7.12. The Bertz CT molecular complexity index is 1260. The van der Waals surface area contributed by atoms with Gasteiger partial charge < -0.3 is 5.32 Å². The standard InChI is InChI=1S/C19H13FN6O3S/c20-13-4-1-3-12(9-13)19-23-22-16-7-8-18(24-25(16)19)30-11-17(27)21-14-5-2-6-15(10-14)26(28)29/h1-10H,11H2,(H,21,27). The number of fused-ring (bicyclic) bond motifs is 1. The number of carbonyl (C=O) groups is 1. The first-order valence-electron chi connectivity index (χ1n) is 8.65. The van der Waals surface area contributed by atoms with Crippen molar-refractivity contribution in [1.82, 2.24) is 19.8 Å². The van der Waals surface area contributed by atoms with Crippen molar-refractivity contribution in [3.05, 3.63) is 76.6 Å². The minimum atomic E-state index is -0.529. The highest BCUT2D eigenvalue weighted by atomic mass is 32.2. The van der Waals surface area contributed by atoms with Crippen molar-refractivity contribution >= 4 is 34.7 Å². The van der Waals surface area contributed by atoms with Crippen molar-refractivity contribution in [3.63, 3.8) is 0 Å². The quantitative estimate of drug-likeness (QED) is 0.286. The first-order valence-corrected chi connectivity index (χ1v) is 9.64. The molecule has 0 atom stereocenters. The molecule has 0 spiro atoms. The number of aromatic nitrogens is 4. The van der Waals surface area contributed by atoms with Crippen LogP contribution in [0.2, 0.25) is 0 Å². The third-order valence-corrected chi connectivity index (χ3v) is 4.93. The molecule has 0 unspecified atom stereocenters. The van der Waals surface area contributed by atoms with E-state index < -0.39 is 10.7 Å². The topological polar surface area (TPSA) is 115 Å². The Hall–Kier alpha value is -3.86. The molecule has 11 heteroatoms. The fraction of sp³-hybridized carbons (Fsp3) is 0.0526. The first kappa shape index (κ1) is 19.5. The average molecular weight is 424 g/mol. The van der Waals surface area contributed by atoms with Crippen LogP contribution in [0.3, 0.4) is 0 Å². The van der Waals surface area contributed by atoms with E-state index in [9.17, 15) is 19.3 Å². The number of rotatable bonds is 6. The van der Waals surface area contributed by atoms with E-state index in [2.05, 4.69) is 20.6 Å². The monoisotopic (exact) mass is 424 g/mol. The van der Waals surface area contributed by atoms with Crippen LogP contribution in [0.25, 0.3) is 17.0 Å². The fourth-order valence-corrected chi connectivity index (χ4v) is 3.35. The Labute approximate surface area is 173 Å². The molecule has 0 aliphatic rings. The van der Waals surface area contributed by atoms with Gasteiger partial charge in [0.1, 0.15) is 10.8 Å². The summed E-state index contributed by atoms with van der Waals surface area (Å²) in [4.78, 5) is 22.5. The summed E-state index contributed by atoms with van der Waals surface area (Å²) in [5, 5.41) is 26.5. The molecule has 0 radical (unpaired) electrons. The van der Waals surface area contributed by atoms with E-state index in [0.717, 1.165) is 0 Å². The Morgan fingerprint density at radius 1 is 1.13 bits per heavy atom. The molecule has 2 aromatic carbocycles. The number of nitrogens with zero attached hydrogens (tertiary/aromatic N) is 5. The largest absolute Gasteiger partial charge is 0.325 e. The third kappa shape index (κ3) is 4.25.